The van der Waals surface area contributed by atoms with Crippen molar-refractivity contribution in [3.8, 4) is 5.88 Å². The minimum Gasteiger partial charge on any atom is -0.481 e. The molecule has 2 heterocycles. The molecule has 1 aromatic heterocycles. The molecule has 94 valence electrons. The molecule has 6 heteroatoms. The van der Waals surface area contributed by atoms with Crippen molar-refractivity contribution in [1.29, 1.82) is 0 Å². The first kappa shape index (κ1) is 12.1. The smallest absolute Gasteiger partial charge is 0.229 e. The molecule has 1 fully saturated rings. The second-order valence-electron chi connectivity index (χ2n) is 3.88. The zero-order valence-corrected chi connectivity index (χ0v) is 10.2. The van der Waals surface area contributed by atoms with Crippen molar-refractivity contribution in [2.75, 3.05) is 45.4 Å². The van der Waals surface area contributed by atoms with Crippen LogP contribution in [0.3, 0.4) is 0 Å². The first-order chi connectivity index (χ1) is 8.35. The van der Waals surface area contributed by atoms with Gasteiger partial charge < -0.3 is 19.7 Å². The fraction of sp³-hybridized carbons (Fsp3) is 0.636. The Balaban J connectivity index is 2.16. The van der Waals surface area contributed by atoms with Crippen molar-refractivity contribution in [1.82, 2.24) is 15.3 Å². The molecule has 1 saturated heterocycles. The van der Waals surface area contributed by atoms with Crippen LogP contribution in [0.4, 0.5) is 5.95 Å². The van der Waals surface area contributed by atoms with E-state index in [0.717, 1.165) is 13.1 Å². The molecule has 17 heavy (non-hydrogen) atoms. The van der Waals surface area contributed by atoms with Crippen LogP contribution in [-0.4, -0.2) is 56.5 Å². The van der Waals surface area contributed by atoms with Crippen molar-refractivity contribution >= 4 is 5.95 Å². The van der Waals surface area contributed by atoms with Crippen molar-refractivity contribution < 1.29 is 9.47 Å². The summed E-state index contributed by atoms with van der Waals surface area (Å²) in [5.74, 6) is 1.29. The number of nitrogens with zero attached hydrogens (tertiary/aromatic N) is 3. The highest BCUT2D eigenvalue weighted by molar-refractivity contribution is 5.34. The van der Waals surface area contributed by atoms with E-state index in [2.05, 4.69) is 20.2 Å². The van der Waals surface area contributed by atoms with Crippen LogP contribution in [0.2, 0.25) is 0 Å². The number of nitrogens with one attached hydrogen (secondary N) is 1. The van der Waals surface area contributed by atoms with E-state index in [4.69, 9.17) is 9.47 Å². The molecular weight excluding hydrogens is 220 g/mol. The molecular formula is C11H18N4O2. The van der Waals surface area contributed by atoms with Crippen LogP contribution < -0.4 is 15.0 Å². The average molecular weight is 238 g/mol. The molecule has 1 unspecified atom stereocenters. The minimum absolute atomic E-state index is 0.265. The number of ether oxygens (including phenoxy) is 2. The molecule has 1 aromatic rings. The maximum absolute atomic E-state index is 5.47. The SMILES string of the molecule is CNCC1COCCN1c1nccc(OC)n1. The standard InChI is InChI=1S/C11H18N4O2/c1-12-7-9-8-17-6-5-15(9)11-13-4-3-10(14-11)16-2/h3-4,9,12H,5-8H2,1-2H3. The highest BCUT2D eigenvalue weighted by Crippen LogP contribution is 2.17. The highest BCUT2D eigenvalue weighted by atomic mass is 16.5. The average Bonchev–Trinajstić information content (AvgIpc) is 2.40. The maximum Gasteiger partial charge on any atom is 0.229 e. The zero-order chi connectivity index (χ0) is 12.1. The zero-order valence-electron chi connectivity index (χ0n) is 10.2. The predicted octanol–water partition coefficient (Wildman–Crippen LogP) is -0.0902. The van der Waals surface area contributed by atoms with E-state index < -0.39 is 0 Å². The number of methoxy groups -OCH3 is 1. The fourth-order valence-electron chi connectivity index (χ4n) is 1.91. The molecule has 0 spiro atoms. The summed E-state index contributed by atoms with van der Waals surface area (Å²) in [6.45, 7) is 3.06. The van der Waals surface area contributed by atoms with Gasteiger partial charge in [0.1, 0.15) is 0 Å². The van der Waals surface area contributed by atoms with Crippen molar-refractivity contribution in [2.24, 2.45) is 0 Å². The lowest BCUT2D eigenvalue weighted by atomic mass is 10.2. The number of rotatable bonds is 4. The van der Waals surface area contributed by atoms with Gasteiger partial charge in [-0.2, -0.15) is 4.98 Å². The van der Waals surface area contributed by atoms with Gasteiger partial charge in [0.2, 0.25) is 11.8 Å². The Kier molecular flexibility index (Phi) is 4.11. The molecule has 1 N–H and O–H groups in total. The first-order valence-corrected chi connectivity index (χ1v) is 5.71. The molecule has 0 amide bonds. The van der Waals surface area contributed by atoms with E-state index >= 15 is 0 Å². The van der Waals surface area contributed by atoms with Gasteiger partial charge in [-0.3, -0.25) is 0 Å². The summed E-state index contributed by atoms with van der Waals surface area (Å²) in [6, 6.07) is 2.01. The molecule has 1 aliphatic rings. The van der Waals surface area contributed by atoms with Crippen LogP contribution in [0.5, 0.6) is 5.88 Å². The van der Waals surface area contributed by atoms with Crippen molar-refractivity contribution in [3.63, 3.8) is 0 Å². The molecule has 6 nitrogen and oxygen atoms in total. The summed E-state index contributed by atoms with van der Waals surface area (Å²) < 4.78 is 10.6. The van der Waals surface area contributed by atoms with E-state index in [1.54, 1.807) is 19.4 Å². The van der Waals surface area contributed by atoms with E-state index in [1.165, 1.54) is 0 Å². The van der Waals surface area contributed by atoms with Gasteiger partial charge >= 0.3 is 0 Å². The molecule has 0 aromatic carbocycles. The number of anilines is 1. The van der Waals surface area contributed by atoms with Gasteiger partial charge in [0.15, 0.2) is 0 Å². The predicted molar refractivity (Wildman–Crippen MR) is 64.5 cm³/mol. The van der Waals surface area contributed by atoms with Crippen LogP contribution >= 0.6 is 0 Å². The number of hydrogen-bond donors (Lipinski definition) is 1. The van der Waals surface area contributed by atoms with E-state index in [9.17, 15) is 0 Å². The number of aromatic nitrogens is 2. The molecule has 0 radical (unpaired) electrons. The summed E-state index contributed by atoms with van der Waals surface area (Å²) in [5.41, 5.74) is 0. The van der Waals surface area contributed by atoms with E-state index in [-0.39, 0.29) is 6.04 Å². The second kappa shape index (κ2) is 5.79. The van der Waals surface area contributed by atoms with Crippen LogP contribution in [0.25, 0.3) is 0 Å². The number of hydrogen-bond acceptors (Lipinski definition) is 6. The van der Waals surface area contributed by atoms with Crippen molar-refractivity contribution in [2.45, 2.75) is 6.04 Å². The van der Waals surface area contributed by atoms with Crippen LogP contribution in [-0.2, 0) is 4.74 Å². The van der Waals surface area contributed by atoms with Gasteiger partial charge in [-0.1, -0.05) is 0 Å². The maximum atomic E-state index is 5.47. The summed E-state index contributed by atoms with van der Waals surface area (Å²) >= 11 is 0. The fourth-order valence-corrected chi connectivity index (χ4v) is 1.91. The lowest BCUT2D eigenvalue weighted by Crippen LogP contribution is -2.50. The molecule has 1 atom stereocenters. The quantitative estimate of drug-likeness (QED) is 0.791. The third-order valence-corrected chi connectivity index (χ3v) is 2.75. The topological polar surface area (TPSA) is 59.5 Å². The van der Waals surface area contributed by atoms with Gasteiger partial charge in [0.25, 0.3) is 0 Å². The Morgan fingerprint density at radius 1 is 1.65 bits per heavy atom. The molecule has 0 bridgehead atoms. The Hall–Kier alpha value is -1.40. The summed E-state index contributed by atoms with van der Waals surface area (Å²) in [5, 5.41) is 3.16. The van der Waals surface area contributed by atoms with Crippen LogP contribution in [0.15, 0.2) is 12.3 Å². The highest BCUT2D eigenvalue weighted by Gasteiger charge is 2.24. The Labute approximate surface area is 101 Å². The van der Waals surface area contributed by atoms with Gasteiger partial charge in [-0.25, -0.2) is 4.98 Å². The lowest BCUT2D eigenvalue weighted by Gasteiger charge is -2.35. The van der Waals surface area contributed by atoms with Gasteiger partial charge in [0, 0.05) is 25.4 Å². The molecule has 2 rings (SSSR count). The van der Waals surface area contributed by atoms with E-state index in [1.807, 2.05) is 7.05 Å². The molecule has 0 aliphatic carbocycles. The van der Waals surface area contributed by atoms with Gasteiger partial charge in [-0.15, -0.1) is 0 Å². The Bertz CT molecular complexity index is 359. The normalized spacial score (nSPS) is 20.4. The van der Waals surface area contributed by atoms with Gasteiger partial charge in [-0.05, 0) is 7.05 Å². The first-order valence-electron chi connectivity index (χ1n) is 5.71. The monoisotopic (exact) mass is 238 g/mol. The second-order valence-corrected chi connectivity index (χ2v) is 3.88. The van der Waals surface area contributed by atoms with Crippen molar-refractivity contribution in [3.05, 3.63) is 12.3 Å². The van der Waals surface area contributed by atoms with Crippen LogP contribution in [0, 0.1) is 0 Å². The number of likely N-dealkylation sites (N-methyl/N-ethyl adjacent to an activating group) is 1. The minimum atomic E-state index is 0.265. The Morgan fingerprint density at radius 2 is 2.53 bits per heavy atom. The number of morpholine rings is 1. The van der Waals surface area contributed by atoms with Crippen LogP contribution in [0.1, 0.15) is 0 Å². The summed E-state index contributed by atoms with van der Waals surface area (Å²) in [7, 11) is 3.54. The lowest BCUT2D eigenvalue weighted by molar-refractivity contribution is 0.0934. The summed E-state index contributed by atoms with van der Waals surface area (Å²) in [6.07, 6.45) is 1.72. The summed E-state index contributed by atoms with van der Waals surface area (Å²) in [4.78, 5) is 10.8. The third kappa shape index (κ3) is 2.83. The third-order valence-electron chi connectivity index (χ3n) is 2.75. The van der Waals surface area contributed by atoms with Gasteiger partial charge in [0.05, 0.1) is 26.4 Å². The molecule has 1 aliphatic heterocycles. The Morgan fingerprint density at radius 3 is 3.29 bits per heavy atom. The largest absolute Gasteiger partial charge is 0.481 e. The molecule has 0 saturated carbocycles. The van der Waals surface area contributed by atoms with E-state index in [0.29, 0.717) is 25.0 Å².